The van der Waals surface area contributed by atoms with Gasteiger partial charge in [-0.3, -0.25) is 4.79 Å². The molecular weight excluding hydrogens is 338 g/mol. The van der Waals surface area contributed by atoms with E-state index in [0.29, 0.717) is 24.1 Å². The molecule has 1 fully saturated rings. The van der Waals surface area contributed by atoms with Crippen LogP contribution in [0, 0.1) is 6.92 Å². The summed E-state index contributed by atoms with van der Waals surface area (Å²) in [7, 11) is -3.66. The van der Waals surface area contributed by atoms with Gasteiger partial charge in [-0.2, -0.15) is 0 Å². The third-order valence-corrected chi connectivity index (χ3v) is 5.32. The van der Waals surface area contributed by atoms with E-state index in [0.717, 1.165) is 0 Å². The van der Waals surface area contributed by atoms with E-state index < -0.39 is 21.1 Å². The minimum atomic E-state index is -3.66. The minimum absolute atomic E-state index is 0. The lowest BCUT2D eigenvalue weighted by atomic mass is 10.1. The number of sulfonamides is 1. The number of hydrogen-bond acceptors (Lipinski definition) is 4. The molecule has 23 heavy (non-hydrogen) atoms. The lowest BCUT2D eigenvalue weighted by Gasteiger charge is -2.21. The second-order valence-corrected chi connectivity index (χ2v) is 8.60. The molecule has 1 aromatic rings. The average molecular weight is 362 g/mol. The second-order valence-electron chi connectivity index (χ2n) is 6.95. The summed E-state index contributed by atoms with van der Waals surface area (Å²) in [5.41, 5.74) is 5.50. The van der Waals surface area contributed by atoms with Crippen molar-refractivity contribution < 1.29 is 13.2 Å². The Kier molecular flexibility index (Phi) is 5.53. The van der Waals surface area contributed by atoms with E-state index in [4.69, 9.17) is 5.73 Å². The maximum Gasteiger partial charge on any atom is 0.244 e. The van der Waals surface area contributed by atoms with Gasteiger partial charge in [-0.15, -0.1) is 12.4 Å². The molecule has 0 unspecified atom stereocenters. The molecule has 130 valence electrons. The van der Waals surface area contributed by atoms with Crippen LogP contribution in [-0.2, 0) is 14.8 Å². The molecular formula is C15H24ClN3O3S. The van der Waals surface area contributed by atoms with Crippen molar-refractivity contribution in [1.29, 1.82) is 0 Å². The molecule has 0 bridgehead atoms. The van der Waals surface area contributed by atoms with Crippen LogP contribution in [0.15, 0.2) is 23.1 Å². The maximum absolute atomic E-state index is 12.5. The Hall–Kier alpha value is -1.15. The molecule has 0 saturated heterocycles. The summed E-state index contributed by atoms with van der Waals surface area (Å²) in [6.07, 6.45) is 1.31. The highest BCUT2D eigenvalue weighted by molar-refractivity contribution is 7.89. The topological polar surface area (TPSA) is 101 Å². The molecule has 2 rings (SSSR count). The van der Waals surface area contributed by atoms with Gasteiger partial charge in [-0.1, -0.05) is 6.07 Å². The second kappa shape index (κ2) is 6.39. The SMILES string of the molecule is Cc1ccc(NC(=O)C2(N)CC2)cc1S(=O)(=O)NC(C)(C)C.Cl. The number of benzene rings is 1. The average Bonchev–Trinajstić information content (AvgIpc) is 3.08. The Morgan fingerprint density at radius 1 is 1.26 bits per heavy atom. The Labute approximate surface area is 143 Å². The van der Waals surface area contributed by atoms with Crippen molar-refractivity contribution in [3.8, 4) is 0 Å². The highest BCUT2D eigenvalue weighted by atomic mass is 35.5. The number of anilines is 1. The lowest BCUT2D eigenvalue weighted by molar-refractivity contribution is -0.118. The molecule has 0 heterocycles. The zero-order valence-electron chi connectivity index (χ0n) is 13.8. The van der Waals surface area contributed by atoms with Crippen LogP contribution in [0.2, 0.25) is 0 Å². The van der Waals surface area contributed by atoms with Gasteiger partial charge in [0.1, 0.15) is 0 Å². The van der Waals surface area contributed by atoms with Crippen LogP contribution in [0.5, 0.6) is 0 Å². The highest BCUT2D eigenvalue weighted by Gasteiger charge is 2.46. The van der Waals surface area contributed by atoms with Crippen molar-refractivity contribution in [3.63, 3.8) is 0 Å². The molecule has 1 saturated carbocycles. The largest absolute Gasteiger partial charge is 0.324 e. The molecule has 1 aliphatic rings. The summed E-state index contributed by atoms with van der Waals surface area (Å²) < 4.78 is 27.5. The van der Waals surface area contributed by atoms with Crippen LogP contribution in [0.25, 0.3) is 0 Å². The van der Waals surface area contributed by atoms with Crippen LogP contribution < -0.4 is 15.8 Å². The molecule has 1 amide bonds. The molecule has 0 atom stereocenters. The zero-order valence-corrected chi connectivity index (χ0v) is 15.4. The fourth-order valence-electron chi connectivity index (χ4n) is 2.04. The Morgan fingerprint density at radius 2 is 1.83 bits per heavy atom. The third kappa shape index (κ3) is 4.91. The van der Waals surface area contributed by atoms with E-state index in [1.165, 1.54) is 6.07 Å². The van der Waals surface area contributed by atoms with E-state index >= 15 is 0 Å². The van der Waals surface area contributed by atoms with Gasteiger partial charge in [0.15, 0.2) is 0 Å². The predicted molar refractivity (Wildman–Crippen MR) is 93.3 cm³/mol. The van der Waals surface area contributed by atoms with Gasteiger partial charge in [0.2, 0.25) is 15.9 Å². The Bertz CT molecular complexity index is 707. The molecule has 1 aromatic carbocycles. The number of amides is 1. The first-order valence-electron chi connectivity index (χ1n) is 7.18. The fourth-order valence-corrected chi connectivity index (χ4v) is 3.73. The summed E-state index contributed by atoms with van der Waals surface area (Å²) in [5.74, 6) is -0.275. The molecule has 0 aliphatic heterocycles. The first-order valence-corrected chi connectivity index (χ1v) is 8.66. The number of halogens is 1. The van der Waals surface area contributed by atoms with Gasteiger partial charge in [0.25, 0.3) is 0 Å². The third-order valence-electron chi connectivity index (χ3n) is 3.42. The lowest BCUT2D eigenvalue weighted by Crippen LogP contribution is -2.40. The summed E-state index contributed by atoms with van der Waals surface area (Å²) >= 11 is 0. The molecule has 1 aliphatic carbocycles. The van der Waals surface area contributed by atoms with Crippen molar-refractivity contribution >= 4 is 34.0 Å². The van der Waals surface area contributed by atoms with Gasteiger partial charge in [-0.25, -0.2) is 13.1 Å². The molecule has 8 heteroatoms. The van der Waals surface area contributed by atoms with Crippen LogP contribution >= 0.6 is 12.4 Å². The fraction of sp³-hybridized carbons (Fsp3) is 0.533. The summed E-state index contributed by atoms with van der Waals surface area (Å²) in [5, 5.41) is 2.69. The highest BCUT2D eigenvalue weighted by Crippen LogP contribution is 2.33. The molecule has 0 spiro atoms. The van der Waals surface area contributed by atoms with Gasteiger partial charge < -0.3 is 11.1 Å². The van der Waals surface area contributed by atoms with Crippen LogP contribution in [0.3, 0.4) is 0 Å². The van der Waals surface area contributed by atoms with E-state index in [9.17, 15) is 13.2 Å². The number of nitrogens with two attached hydrogens (primary N) is 1. The quantitative estimate of drug-likeness (QED) is 0.762. The molecule has 6 nitrogen and oxygen atoms in total. The van der Waals surface area contributed by atoms with Gasteiger partial charge in [0, 0.05) is 11.2 Å². The number of nitrogens with one attached hydrogen (secondary N) is 2. The van der Waals surface area contributed by atoms with Crippen molar-refractivity contribution in [2.45, 2.75) is 56.5 Å². The Balaban J connectivity index is 0.00000264. The number of rotatable bonds is 4. The maximum atomic E-state index is 12.5. The van der Waals surface area contributed by atoms with Crippen molar-refractivity contribution in [2.75, 3.05) is 5.32 Å². The van der Waals surface area contributed by atoms with E-state index in [1.807, 2.05) is 0 Å². The minimum Gasteiger partial charge on any atom is -0.324 e. The van der Waals surface area contributed by atoms with Crippen LogP contribution in [0.4, 0.5) is 5.69 Å². The first-order chi connectivity index (χ1) is 9.93. The predicted octanol–water partition coefficient (Wildman–Crippen LogP) is 1.92. The Morgan fingerprint density at radius 3 is 2.30 bits per heavy atom. The van der Waals surface area contributed by atoms with E-state index in [1.54, 1.807) is 39.8 Å². The monoisotopic (exact) mass is 361 g/mol. The van der Waals surface area contributed by atoms with Gasteiger partial charge >= 0.3 is 0 Å². The number of carbonyl (C=O) groups is 1. The van der Waals surface area contributed by atoms with Crippen molar-refractivity contribution in [1.82, 2.24) is 4.72 Å². The number of aryl methyl sites for hydroxylation is 1. The van der Waals surface area contributed by atoms with Crippen LogP contribution in [-0.4, -0.2) is 25.4 Å². The van der Waals surface area contributed by atoms with Gasteiger partial charge in [-0.05, 0) is 58.2 Å². The standard InChI is InChI=1S/C15H23N3O3S.ClH/c1-10-5-6-11(17-13(19)15(16)7-8-15)9-12(10)22(20,21)18-14(2,3)4;/h5-6,9,18H,7-8,16H2,1-4H3,(H,17,19);1H. The van der Waals surface area contributed by atoms with E-state index in [2.05, 4.69) is 10.0 Å². The van der Waals surface area contributed by atoms with Crippen molar-refractivity contribution in [2.24, 2.45) is 5.73 Å². The molecule has 0 aromatic heterocycles. The van der Waals surface area contributed by atoms with Crippen molar-refractivity contribution in [3.05, 3.63) is 23.8 Å². The molecule has 4 N–H and O–H groups in total. The molecule has 0 radical (unpaired) electrons. The number of hydrogen-bond donors (Lipinski definition) is 3. The summed E-state index contributed by atoms with van der Waals surface area (Å²) in [6, 6.07) is 4.81. The normalized spacial score (nSPS) is 16.4. The summed E-state index contributed by atoms with van der Waals surface area (Å²) in [4.78, 5) is 12.1. The zero-order chi connectivity index (χ0) is 16.8. The van der Waals surface area contributed by atoms with E-state index in [-0.39, 0.29) is 23.2 Å². The smallest absolute Gasteiger partial charge is 0.244 e. The number of carbonyl (C=O) groups excluding carboxylic acids is 1. The van der Waals surface area contributed by atoms with Crippen LogP contribution in [0.1, 0.15) is 39.2 Å². The van der Waals surface area contributed by atoms with Gasteiger partial charge in [0.05, 0.1) is 10.4 Å². The summed E-state index contributed by atoms with van der Waals surface area (Å²) in [6.45, 7) is 7.04. The first kappa shape index (κ1) is 19.9.